The summed E-state index contributed by atoms with van der Waals surface area (Å²) in [7, 11) is 3.16. The smallest absolute Gasteiger partial charge is 0.229 e. The second-order valence-electron chi connectivity index (χ2n) is 6.20. The first-order valence-corrected chi connectivity index (χ1v) is 9.35. The zero-order chi connectivity index (χ0) is 19.7. The number of fused-ring (bicyclic) bond motifs is 1. The first-order valence-electron chi connectivity index (χ1n) is 8.56. The van der Waals surface area contributed by atoms with Crippen LogP contribution in [-0.2, 0) is 11.3 Å². The van der Waals surface area contributed by atoms with Gasteiger partial charge in [0.1, 0.15) is 12.4 Å². The minimum Gasteiger partial charge on any atom is -0.493 e. The maximum absolute atomic E-state index is 13.3. The van der Waals surface area contributed by atoms with Crippen LogP contribution in [-0.4, -0.2) is 35.6 Å². The van der Waals surface area contributed by atoms with Gasteiger partial charge in [-0.3, -0.25) is 4.57 Å². The Morgan fingerprint density at radius 1 is 1.14 bits per heavy atom. The lowest BCUT2D eigenvalue weighted by molar-refractivity contribution is 0.0670. The van der Waals surface area contributed by atoms with Gasteiger partial charge in [0.15, 0.2) is 17.3 Å². The third-order valence-electron chi connectivity index (χ3n) is 4.56. The number of hydrogen-bond donors (Lipinski definition) is 1. The Hall–Kier alpha value is -2.65. The minimum absolute atomic E-state index is 0.166. The van der Waals surface area contributed by atoms with Gasteiger partial charge in [0.05, 0.1) is 32.6 Å². The molecule has 1 aliphatic rings. The fourth-order valence-electron chi connectivity index (χ4n) is 3.17. The molecule has 1 atom stereocenters. The van der Waals surface area contributed by atoms with Crippen molar-refractivity contribution in [3.63, 3.8) is 0 Å². The number of benzene rings is 2. The SMILES string of the molecule is COc1cc(Br)c(Nc2nnc3n2C(c2ccc(F)cc2)COC3)cc1OC. The second kappa shape index (κ2) is 7.76. The molecule has 1 aliphatic heterocycles. The summed E-state index contributed by atoms with van der Waals surface area (Å²) in [5, 5.41) is 11.8. The molecule has 0 saturated carbocycles. The normalized spacial score (nSPS) is 15.8. The van der Waals surface area contributed by atoms with Crippen molar-refractivity contribution in [1.82, 2.24) is 14.8 Å². The van der Waals surface area contributed by atoms with Gasteiger partial charge in [-0.15, -0.1) is 10.2 Å². The van der Waals surface area contributed by atoms with Gasteiger partial charge in [-0.1, -0.05) is 12.1 Å². The molecule has 1 N–H and O–H groups in total. The second-order valence-corrected chi connectivity index (χ2v) is 7.06. The lowest BCUT2D eigenvalue weighted by Crippen LogP contribution is -2.25. The lowest BCUT2D eigenvalue weighted by Gasteiger charge is -2.27. The molecule has 2 aromatic carbocycles. The van der Waals surface area contributed by atoms with Gasteiger partial charge in [-0.2, -0.15) is 0 Å². The van der Waals surface area contributed by atoms with Crippen molar-refractivity contribution in [3.8, 4) is 11.5 Å². The molecule has 0 fully saturated rings. The zero-order valence-electron chi connectivity index (χ0n) is 15.3. The summed E-state index contributed by atoms with van der Waals surface area (Å²) in [6.45, 7) is 0.804. The summed E-state index contributed by atoms with van der Waals surface area (Å²) in [4.78, 5) is 0. The maximum Gasteiger partial charge on any atom is 0.229 e. The number of hydrogen-bond acceptors (Lipinski definition) is 6. The molecule has 0 amide bonds. The zero-order valence-corrected chi connectivity index (χ0v) is 16.9. The quantitative estimate of drug-likeness (QED) is 0.634. The van der Waals surface area contributed by atoms with Crippen molar-refractivity contribution in [2.45, 2.75) is 12.6 Å². The van der Waals surface area contributed by atoms with Crippen LogP contribution in [0.2, 0.25) is 0 Å². The van der Waals surface area contributed by atoms with E-state index in [0.29, 0.717) is 36.5 Å². The van der Waals surface area contributed by atoms with E-state index in [0.717, 1.165) is 15.7 Å². The first kappa shape index (κ1) is 18.7. The minimum atomic E-state index is -0.280. The van der Waals surface area contributed by atoms with Crippen LogP contribution in [0.1, 0.15) is 17.4 Å². The molecule has 0 aliphatic carbocycles. The summed E-state index contributed by atoms with van der Waals surface area (Å²) in [5.41, 5.74) is 1.66. The van der Waals surface area contributed by atoms with Crippen LogP contribution < -0.4 is 14.8 Å². The first-order chi connectivity index (χ1) is 13.6. The average Bonchev–Trinajstić information content (AvgIpc) is 3.13. The number of rotatable bonds is 5. The highest BCUT2D eigenvalue weighted by Gasteiger charge is 2.27. The molecule has 0 bridgehead atoms. The number of methoxy groups -OCH3 is 2. The number of anilines is 2. The summed E-state index contributed by atoms with van der Waals surface area (Å²) < 4.78 is 32.4. The molecule has 3 aromatic rings. The summed E-state index contributed by atoms with van der Waals surface area (Å²) >= 11 is 3.54. The van der Waals surface area contributed by atoms with E-state index in [1.54, 1.807) is 26.4 Å². The van der Waals surface area contributed by atoms with Gasteiger partial charge in [-0.25, -0.2) is 4.39 Å². The highest BCUT2D eigenvalue weighted by molar-refractivity contribution is 9.10. The number of aromatic nitrogens is 3. The Morgan fingerprint density at radius 2 is 1.86 bits per heavy atom. The van der Waals surface area contributed by atoms with E-state index in [4.69, 9.17) is 14.2 Å². The van der Waals surface area contributed by atoms with Crippen LogP contribution in [0.15, 0.2) is 40.9 Å². The Balaban J connectivity index is 1.71. The largest absolute Gasteiger partial charge is 0.493 e. The van der Waals surface area contributed by atoms with Crippen LogP contribution in [0, 0.1) is 5.82 Å². The number of nitrogens with one attached hydrogen (secondary N) is 1. The Labute approximate surface area is 169 Å². The van der Waals surface area contributed by atoms with Gasteiger partial charge in [0.2, 0.25) is 5.95 Å². The summed E-state index contributed by atoms with van der Waals surface area (Å²) in [6.07, 6.45) is 0. The highest BCUT2D eigenvalue weighted by atomic mass is 79.9. The van der Waals surface area contributed by atoms with Crippen molar-refractivity contribution in [3.05, 3.63) is 58.1 Å². The highest BCUT2D eigenvalue weighted by Crippen LogP contribution is 2.38. The van der Waals surface area contributed by atoms with E-state index in [-0.39, 0.29) is 11.9 Å². The van der Waals surface area contributed by atoms with E-state index in [1.165, 1.54) is 12.1 Å². The summed E-state index contributed by atoms with van der Waals surface area (Å²) in [5.74, 6) is 2.17. The topological polar surface area (TPSA) is 70.4 Å². The van der Waals surface area contributed by atoms with Gasteiger partial charge < -0.3 is 19.5 Å². The number of nitrogens with zero attached hydrogens (tertiary/aromatic N) is 3. The Kier molecular flexibility index (Phi) is 5.19. The molecule has 1 unspecified atom stereocenters. The molecule has 9 heteroatoms. The third-order valence-corrected chi connectivity index (χ3v) is 5.22. The fourth-order valence-corrected chi connectivity index (χ4v) is 3.59. The third kappa shape index (κ3) is 3.43. The van der Waals surface area contributed by atoms with E-state index in [2.05, 4.69) is 31.4 Å². The average molecular weight is 449 g/mol. The molecule has 1 aromatic heterocycles. The molecule has 2 heterocycles. The predicted molar refractivity (Wildman–Crippen MR) is 105 cm³/mol. The van der Waals surface area contributed by atoms with Crippen LogP contribution in [0.4, 0.5) is 16.0 Å². The van der Waals surface area contributed by atoms with Crippen molar-refractivity contribution in [1.29, 1.82) is 0 Å². The molecule has 0 saturated heterocycles. The molecular weight excluding hydrogens is 431 g/mol. The molecule has 28 heavy (non-hydrogen) atoms. The maximum atomic E-state index is 13.3. The van der Waals surface area contributed by atoms with Crippen LogP contribution >= 0.6 is 15.9 Å². The lowest BCUT2D eigenvalue weighted by atomic mass is 10.1. The molecule has 0 radical (unpaired) electrons. The van der Waals surface area contributed by atoms with Crippen molar-refractivity contribution >= 4 is 27.6 Å². The predicted octanol–water partition coefficient (Wildman–Crippen LogP) is 4.06. The van der Waals surface area contributed by atoms with Crippen molar-refractivity contribution in [2.24, 2.45) is 0 Å². The molecule has 0 spiro atoms. The van der Waals surface area contributed by atoms with Crippen LogP contribution in [0.5, 0.6) is 11.5 Å². The van der Waals surface area contributed by atoms with Gasteiger partial charge in [0, 0.05) is 16.6 Å². The van der Waals surface area contributed by atoms with E-state index in [9.17, 15) is 4.39 Å². The van der Waals surface area contributed by atoms with Gasteiger partial charge in [-0.05, 0) is 33.6 Å². The van der Waals surface area contributed by atoms with Crippen molar-refractivity contribution < 1.29 is 18.6 Å². The van der Waals surface area contributed by atoms with Crippen LogP contribution in [0.3, 0.4) is 0 Å². The van der Waals surface area contributed by atoms with Gasteiger partial charge >= 0.3 is 0 Å². The van der Waals surface area contributed by atoms with Crippen LogP contribution in [0.25, 0.3) is 0 Å². The molecular formula is C19H18BrFN4O3. The summed E-state index contributed by atoms with van der Waals surface area (Å²) in [6, 6.07) is 9.83. The molecule has 146 valence electrons. The monoisotopic (exact) mass is 448 g/mol. The molecule has 4 rings (SSSR count). The van der Waals surface area contributed by atoms with Gasteiger partial charge in [0.25, 0.3) is 0 Å². The number of ether oxygens (including phenoxy) is 3. The van der Waals surface area contributed by atoms with E-state index in [1.807, 2.05) is 16.7 Å². The standard InChI is InChI=1S/C19H18BrFN4O3/c1-26-16-7-13(20)14(8-17(16)27-2)22-19-24-23-18-10-28-9-15(25(18)19)11-3-5-12(21)6-4-11/h3-8,15H,9-10H2,1-2H3,(H,22,24). The van der Waals surface area contributed by atoms with E-state index >= 15 is 0 Å². The Morgan fingerprint density at radius 3 is 2.57 bits per heavy atom. The Bertz CT molecular complexity index is 994. The van der Waals surface area contributed by atoms with E-state index < -0.39 is 0 Å². The number of halogens is 2. The van der Waals surface area contributed by atoms with Crippen molar-refractivity contribution in [2.75, 3.05) is 26.1 Å². The fraction of sp³-hybridized carbons (Fsp3) is 0.263. The molecule has 7 nitrogen and oxygen atoms in total.